The minimum absolute atomic E-state index is 0.127. The van der Waals surface area contributed by atoms with E-state index < -0.39 is 17.9 Å². The van der Waals surface area contributed by atoms with Gasteiger partial charge < -0.3 is 14.7 Å². The van der Waals surface area contributed by atoms with Crippen molar-refractivity contribution in [2.75, 3.05) is 19.8 Å². The number of carbonyl (C=O) groups excluding carboxylic acids is 2. The summed E-state index contributed by atoms with van der Waals surface area (Å²) in [5, 5.41) is 11.0. The third-order valence-corrected chi connectivity index (χ3v) is 3.65. The van der Waals surface area contributed by atoms with Crippen LogP contribution >= 0.6 is 0 Å². The zero-order valence-electron chi connectivity index (χ0n) is 11.7. The lowest BCUT2D eigenvalue weighted by Crippen LogP contribution is -2.45. The molecule has 2 aliphatic heterocycles. The molecule has 0 aromatic carbocycles. The molecule has 0 aromatic rings. The van der Waals surface area contributed by atoms with Crippen LogP contribution in [0.2, 0.25) is 0 Å². The molecule has 2 heterocycles. The minimum Gasteiger partial charge on any atom is -0.465 e. The van der Waals surface area contributed by atoms with Gasteiger partial charge in [-0.05, 0) is 26.7 Å². The van der Waals surface area contributed by atoms with Crippen LogP contribution in [0.3, 0.4) is 0 Å². The van der Waals surface area contributed by atoms with Crippen molar-refractivity contribution >= 4 is 17.7 Å². The predicted octanol–water partition coefficient (Wildman–Crippen LogP) is 0.406. The molecule has 2 rings (SSSR count). The van der Waals surface area contributed by atoms with Crippen LogP contribution in [0, 0.1) is 5.92 Å². The van der Waals surface area contributed by atoms with Gasteiger partial charge >= 0.3 is 11.9 Å². The molecule has 1 saturated heterocycles. The van der Waals surface area contributed by atoms with Gasteiger partial charge in [0.2, 0.25) is 0 Å². The van der Waals surface area contributed by atoms with Gasteiger partial charge in [0.1, 0.15) is 11.6 Å². The maximum atomic E-state index is 12.0. The molecule has 112 valence electrons. The normalized spacial score (nSPS) is 29.6. The molecule has 3 atom stereocenters. The molecular weight excluding hydrogens is 264 g/mol. The van der Waals surface area contributed by atoms with E-state index in [2.05, 4.69) is 4.99 Å². The van der Waals surface area contributed by atoms with Crippen molar-refractivity contribution < 1.29 is 24.3 Å². The van der Waals surface area contributed by atoms with E-state index in [1.54, 1.807) is 13.8 Å². The van der Waals surface area contributed by atoms with E-state index in [0.717, 1.165) is 0 Å². The number of carbonyl (C=O) groups is 2. The summed E-state index contributed by atoms with van der Waals surface area (Å²) in [5.74, 6) is -1.82. The van der Waals surface area contributed by atoms with Crippen LogP contribution in [0.25, 0.3) is 0 Å². The van der Waals surface area contributed by atoms with Gasteiger partial charge in [-0.15, -0.1) is 0 Å². The molecule has 0 spiro atoms. The first-order valence-electron chi connectivity index (χ1n) is 6.95. The number of aliphatic imine (C=N–C) groups is 1. The number of esters is 2. The Morgan fingerprint density at radius 1 is 1.35 bits per heavy atom. The Hall–Kier alpha value is -1.47. The summed E-state index contributed by atoms with van der Waals surface area (Å²) in [6, 6.07) is -0.396. The molecule has 7 heteroatoms. The summed E-state index contributed by atoms with van der Waals surface area (Å²) in [5.41, 5.74) is 0.127. The molecule has 1 N–H and O–H groups in total. The number of hydroxylamine groups is 2. The molecule has 0 radical (unpaired) electrons. The summed E-state index contributed by atoms with van der Waals surface area (Å²) < 4.78 is 9.96. The van der Waals surface area contributed by atoms with E-state index in [4.69, 9.17) is 9.47 Å². The average molecular weight is 284 g/mol. The molecule has 0 bridgehead atoms. The van der Waals surface area contributed by atoms with E-state index >= 15 is 0 Å². The van der Waals surface area contributed by atoms with Crippen molar-refractivity contribution in [3.63, 3.8) is 0 Å². The van der Waals surface area contributed by atoms with Gasteiger partial charge in [0.25, 0.3) is 0 Å². The number of rotatable bonds is 4. The van der Waals surface area contributed by atoms with Crippen LogP contribution in [0.5, 0.6) is 0 Å². The highest BCUT2D eigenvalue weighted by Crippen LogP contribution is 2.31. The van der Waals surface area contributed by atoms with Crippen molar-refractivity contribution in [2.24, 2.45) is 10.9 Å². The van der Waals surface area contributed by atoms with Gasteiger partial charge in [0.05, 0.1) is 25.3 Å². The minimum atomic E-state index is -0.761. The zero-order valence-corrected chi connectivity index (χ0v) is 11.7. The second-order valence-corrected chi connectivity index (χ2v) is 4.86. The van der Waals surface area contributed by atoms with E-state index in [0.29, 0.717) is 19.4 Å². The van der Waals surface area contributed by atoms with Gasteiger partial charge in [0, 0.05) is 6.54 Å². The van der Waals surface area contributed by atoms with Crippen LogP contribution in [0.4, 0.5) is 0 Å². The highest BCUT2D eigenvalue weighted by Gasteiger charge is 2.45. The smallest absolute Gasteiger partial charge is 0.353 e. The molecule has 2 aliphatic rings. The summed E-state index contributed by atoms with van der Waals surface area (Å²) in [6.07, 6.45) is 0.997. The molecular formula is C13H20N2O5. The zero-order chi connectivity index (χ0) is 14.7. The number of ether oxygens (including phenoxy) is 2. The summed E-state index contributed by atoms with van der Waals surface area (Å²) >= 11 is 0. The average Bonchev–Trinajstić information content (AvgIpc) is 2.79. The quantitative estimate of drug-likeness (QED) is 0.752. The fourth-order valence-corrected chi connectivity index (χ4v) is 2.72. The SMILES string of the molecule is CCOC(=O)C1=NC2CCN(O)C2CC1C(=O)OCC. The molecule has 0 aromatic heterocycles. The molecule has 1 fully saturated rings. The van der Waals surface area contributed by atoms with Gasteiger partial charge in [-0.1, -0.05) is 0 Å². The standard InChI is InChI=1S/C13H20N2O5/c1-3-19-12(16)8-7-10-9(5-6-15(10)18)14-11(8)13(17)20-4-2/h8-10,18H,3-7H2,1-2H3. The van der Waals surface area contributed by atoms with Crippen LogP contribution in [-0.4, -0.2) is 59.8 Å². The van der Waals surface area contributed by atoms with Crippen LogP contribution in [0.1, 0.15) is 26.7 Å². The second-order valence-electron chi connectivity index (χ2n) is 4.86. The Bertz CT molecular complexity index is 423. The maximum Gasteiger partial charge on any atom is 0.353 e. The number of nitrogens with zero attached hydrogens (tertiary/aromatic N) is 2. The van der Waals surface area contributed by atoms with Crippen molar-refractivity contribution in [1.82, 2.24) is 5.06 Å². The maximum absolute atomic E-state index is 12.0. The first kappa shape index (κ1) is 14.9. The van der Waals surface area contributed by atoms with E-state index in [-0.39, 0.29) is 31.0 Å². The first-order valence-corrected chi connectivity index (χ1v) is 6.95. The van der Waals surface area contributed by atoms with Gasteiger partial charge in [-0.3, -0.25) is 9.79 Å². The molecule has 0 aliphatic carbocycles. The van der Waals surface area contributed by atoms with E-state index in [9.17, 15) is 14.8 Å². The molecule has 3 unspecified atom stereocenters. The Morgan fingerprint density at radius 2 is 2.05 bits per heavy atom. The predicted molar refractivity (Wildman–Crippen MR) is 69.5 cm³/mol. The lowest BCUT2D eigenvalue weighted by molar-refractivity contribution is -0.150. The molecule has 7 nitrogen and oxygen atoms in total. The summed E-state index contributed by atoms with van der Waals surface area (Å²) in [4.78, 5) is 28.3. The van der Waals surface area contributed by atoms with Gasteiger partial charge in [-0.25, -0.2) is 4.79 Å². The van der Waals surface area contributed by atoms with Crippen molar-refractivity contribution in [3.05, 3.63) is 0 Å². The van der Waals surface area contributed by atoms with Crippen LogP contribution < -0.4 is 0 Å². The lowest BCUT2D eigenvalue weighted by atomic mass is 9.88. The van der Waals surface area contributed by atoms with Gasteiger partial charge in [0.15, 0.2) is 0 Å². The topological polar surface area (TPSA) is 88.4 Å². The Labute approximate surface area is 117 Å². The fraction of sp³-hybridized carbons (Fsp3) is 0.769. The fourth-order valence-electron chi connectivity index (χ4n) is 2.72. The van der Waals surface area contributed by atoms with Crippen molar-refractivity contribution in [2.45, 2.75) is 38.8 Å². The number of hydrogen-bond donors (Lipinski definition) is 1. The number of fused-ring (bicyclic) bond motifs is 1. The first-order chi connectivity index (χ1) is 9.58. The van der Waals surface area contributed by atoms with Crippen LogP contribution in [-0.2, 0) is 19.1 Å². The Kier molecular flexibility index (Phi) is 4.72. The van der Waals surface area contributed by atoms with E-state index in [1.165, 1.54) is 5.06 Å². The van der Waals surface area contributed by atoms with Crippen molar-refractivity contribution in [3.8, 4) is 0 Å². The summed E-state index contributed by atoms with van der Waals surface area (Å²) in [6.45, 7) is 4.37. The second kappa shape index (κ2) is 6.32. The highest BCUT2D eigenvalue weighted by molar-refractivity contribution is 6.40. The Morgan fingerprint density at radius 3 is 2.70 bits per heavy atom. The van der Waals surface area contributed by atoms with Gasteiger partial charge in [-0.2, -0.15) is 5.06 Å². The Balaban J connectivity index is 2.24. The van der Waals surface area contributed by atoms with Crippen LogP contribution in [0.15, 0.2) is 4.99 Å². The van der Waals surface area contributed by atoms with Crippen molar-refractivity contribution in [1.29, 1.82) is 0 Å². The molecule has 20 heavy (non-hydrogen) atoms. The molecule has 0 amide bonds. The largest absolute Gasteiger partial charge is 0.465 e. The molecule has 0 saturated carbocycles. The number of hydrogen-bond acceptors (Lipinski definition) is 7. The monoisotopic (exact) mass is 284 g/mol. The highest BCUT2D eigenvalue weighted by atomic mass is 16.5. The summed E-state index contributed by atoms with van der Waals surface area (Å²) in [7, 11) is 0. The third-order valence-electron chi connectivity index (χ3n) is 3.65. The van der Waals surface area contributed by atoms with E-state index in [1.807, 2.05) is 0 Å². The lowest BCUT2D eigenvalue weighted by Gasteiger charge is -2.30. The third kappa shape index (κ3) is 2.83.